The van der Waals surface area contributed by atoms with Crippen LogP contribution in [0.4, 0.5) is 0 Å². The van der Waals surface area contributed by atoms with Crippen molar-refractivity contribution in [2.24, 2.45) is 0 Å². The van der Waals surface area contributed by atoms with E-state index < -0.39 is 0 Å². The average Bonchev–Trinajstić information content (AvgIpc) is 2.86. The van der Waals surface area contributed by atoms with Crippen molar-refractivity contribution < 1.29 is 9.53 Å². The minimum Gasteiger partial charge on any atom is -0.466 e. The Morgan fingerprint density at radius 2 is 2.32 bits per heavy atom. The van der Waals surface area contributed by atoms with E-state index in [2.05, 4.69) is 10.2 Å². The maximum absolute atomic E-state index is 11.4. The molecule has 6 heteroatoms. The third-order valence-electron chi connectivity index (χ3n) is 2.65. The number of esters is 1. The Bertz CT molecular complexity index is 607. The summed E-state index contributed by atoms with van der Waals surface area (Å²) in [5, 5.41) is 8.99. The Morgan fingerprint density at radius 1 is 1.47 bits per heavy atom. The molecule has 5 nitrogen and oxygen atoms in total. The Labute approximate surface area is 115 Å². The molecular formula is C13H15N3O2S. The molecule has 100 valence electrons. The first-order valence-corrected chi connectivity index (χ1v) is 6.94. The topological polar surface area (TPSA) is 56.5 Å². The van der Waals surface area contributed by atoms with Crippen molar-refractivity contribution in [3.63, 3.8) is 0 Å². The van der Waals surface area contributed by atoms with Gasteiger partial charge in [-0.1, -0.05) is 30.8 Å². The Morgan fingerprint density at radius 3 is 3.05 bits per heavy atom. The monoisotopic (exact) mass is 277 g/mol. The molecule has 2 aromatic rings. The summed E-state index contributed by atoms with van der Waals surface area (Å²) in [5.41, 5.74) is 1.50. The fourth-order valence-corrected chi connectivity index (χ4v) is 2.46. The minimum atomic E-state index is -0.269. The minimum absolute atomic E-state index is 0.269. The molecule has 0 amide bonds. The molecule has 0 N–H and O–H groups in total. The van der Waals surface area contributed by atoms with Crippen LogP contribution in [0.3, 0.4) is 0 Å². The first-order valence-electron chi connectivity index (χ1n) is 5.96. The van der Waals surface area contributed by atoms with Crippen LogP contribution in [0, 0.1) is 0 Å². The van der Waals surface area contributed by atoms with Gasteiger partial charge < -0.3 is 4.74 Å². The first-order chi connectivity index (χ1) is 9.26. The highest BCUT2D eigenvalue weighted by Crippen LogP contribution is 2.17. The summed E-state index contributed by atoms with van der Waals surface area (Å²) >= 11 is 1.53. The third-order valence-corrected chi connectivity index (χ3v) is 3.52. The van der Waals surface area contributed by atoms with E-state index in [1.807, 2.05) is 41.8 Å². The average molecular weight is 277 g/mol. The molecule has 0 saturated carbocycles. The standard InChI is InChI=1S/C13H15N3O2S/c1-3-10(12(17)18-2)7-9-19-13-15-14-11-6-4-5-8-16(11)13/h4-8H,3,9H2,1-2H3. The summed E-state index contributed by atoms with van der Waals surface area (Å²) in [7, 11) is 1.39. The van der Waals surface area contributed by atoms with Crippen LogP contribution in [0.15, 0.2) is 41.2 Å². The van der Waals surface area contributed by atoms with Crippen molar-refractivity contribution in [2.45, 2.75) is 18.5 Å². The number of carbonyl (C=O) groups excluding carboxylic acids is 1. The van der Waals surface area contributed by atoms with Gasteiger partial charge in [-0.25, -0.2) is 4.79 Å². The highest BCUT2D eigenvalue weighted by Gasteiger charge is 2.08. The van der Waals surface area contributed by atoms with E-state index in [0.717, 1.165) is 10.8 Å². The van der Waals surface area contributed by atoms with Crippen LogP contribution in [0.25, 0.3) is 5.65 Å². The Kier molecular flexibility index (Phi) is 4.57. The number of ether oxygens (including phenoxy) is 1. The number of rotatable bonds is 5. The van der Waals surface area contributed by atoms with E-state index in [4.69, 9.17) is 4.74 Å². The number of fused-ring (bicyclic) bond motifs is 1. The quantitative estimate of drug-likeness (QED) is 0.477. The van der Waals surface area contributed by atoms with Gasteiger partial charge in [-0.05, 0) is 18.6 Å². The van der Waals surface area contributed by atoms with Gasteiger partial charge in [0, 0.05) is 17.5 Å². The highest BCUT2D eigenvalue weighted by atomic mass is 32.2. The number of hydrogen-bond donors (Lipinski definition) is 0. The van der Waals surface area contributed by atoms with Gasteiger partial charge in [0.1, 0.15) is 0 Å². The van der Waals surface area contributed by atoms with Crippen LogP contribution >= 0.6 is 11.8 Å². The summed E-state index contributed by atoms with van der Waals surface area (Å²) in [6, 6.07) is 5.76. The molecule has 2 aromatic heterocycles. The summed E-state index contributed by atoms with van der Waals surface area (Å²) in [6.45, 7) is 1.93. The van der Waals surface area contributed by atoms with Gasteiger partial charge in [-0.15, -0.1) is 10.2 Å². The second kappa shape index (κ2) is 6.38. The molecule has 19 heavy (non-hydrogen) atoms. The molecule has 0 aliphatic carbocycles. The van der Waals surface area contributed by atoms with Crippen molar-refractivity contribution in [1.82, 2.24) is 14.6 Å². The first kappa shape index (κ1) is 13.6. The summed E-state index contributed by atoms with van der Waals surface area (Å²) in [4.78, 5) is 11.4. The maximum Gasteiger partial charge on any atom is 0.333 e. The van der Waals surface area contributed by atoms with Crippen LogP contribution in [-0.4, -0.2) is 33.4 Å². The van der Waals surface area contributed by atoms with Crippen LogP contribution in [0.2, 0.25) is 0 Å². The van der Waals surface area contributed by atoms with E-state index in [1.165, 1.54) is 18.9 Å². The van der Waals surface area contributed by atoms with Crippen LogP contribution in [-0.2, 0) is 9.53 Å². The van der Waals surface area contributed by atoms with Crippen molar-refractivity contribution >= 4 is 23.4 Å². The zero-order chi connectivity index (χ0) is 13.7. The molecule has 0 aliphatic heterocycles. The van der Waals surface area contributed by atoms with Gasteiger partial charge in [-0.3, -0.25) is 4.40 Å². The second-order valence-electron chi connectivity index (χ2n) is 3.80. The van der Waals surface area contributed by atoms with E-state index in [-0.39, 0.29) is 5.97 Å². The number of thioether (sulfide) groups is 1. The number of hydrogen-bond acceptors (Lipinski definition) is 5. The molecule has 0 atom stereocenters. The SMILES string of the molecule is CCC(=CCSc1nnc2ccccn12)C(=O)OC. The van der Waals surface area contributed by atoms with Crippen LogP contribution < -0.4 is 0 Å². The molecule has 0 saturated heterocycles. The molecule has 0 bridgehead atoms. The Hall–Kier alpha value is -1.82. The molecule has 0 unspecified atom stereocenters. The largest absolute Gasteiger partial charge is 0.466 e. The predicted octanol–water partition coefficient (Wildman–Crippen LogP) is 2.33. The predicted molar refractivity (Wildman–Crippen MR) is 74.1 cm³/mol. The van der Waals surface area contributed by atoms with Gasteiger partial charge in [0.2, 0.25) is 0 Å². The molecule has 0 aromatic carbocycles. The lowest BCUT2D eigenvalue weighted by Gasteiger charge is -2.01. The molecular weight excluding hydrogens is 262 g/mol. The zero-order valence-electron chi connectivity index (χ0n) is 10.9. The van der Waals surface area contributed by atoms with Crippen LogP contribution in [0.5, 0.6) is 0 Å². The van der Waals surface area contributed by atoms with E-state index in [0.29, 0.717) is 17.7 Å². The zero-order valence-corrected chi connectivity index (χ0v) is 11.7. The van der Waals surface area contributed by atoms with Crippen molar-refractivity contribution in [3.8, 4) is 0 Å². The molecule has 2 rings (SSSR count). The lowest BCUT2D eigenvalue weighted by atomic mass is 10.2. The number of pyridine rings is 1. The number of nitrogens with zero attached hydrogens (tertiary/aromatic N) is 3. The number of carbonyl (C=O) groups is 1. The van der Waals surface area contributed by atoms with E-state index in [1.54, 1.807) is 0 Å². The maximum atomic E-state index is 11.4. The smallest absolute Gasteiger partial charge is 0.333 e. The number of aromatic nitrogens is 3. The molecule has 0 radical (unpaired) electrons. The molecule has 0 spiro atoms. The molecule has 2 heterocycles. The van der Waals surface area contributed by atoms with E-state index in [9.17, 15) is 4.79 Å². The normalized spacial score (nSPS) is 11.8. The van der Waals surface area contributed by atoms with Crippen LogP contribution in [0.1, 0.15) is 13.3 Å². The van der Waals surface area contributed by atoms with Gasteiger partial charge >= 0.3 is 5.97 Å². The van der Waals surface area contributed by atoms with Crippen molar-refractivity contribution in [2.75, 3.05) is 12.9 Å². The molecule has 0 fully saturated rings. The van der Waals surface area contributed by atoms with Crippen molar-refractivity contribution in [3.05, 3.63) is 36.0 Å². The van der Waals surface area contributed by atoms with Gasteiger partial charge in [0.15, 0.2) is 10.8 Å². The second-order valence-corrected chi connectivity index (χ2v) is 4.78. The van der Waals surface area contributed by atoms with Gasteiger partial charge in [0.05, 0.1) is 7.11 Å². The van der Waals surface area contributed by atoms with Gasteiger partial charge in [0.25, 0.3) is 0 Å². The fraction of sp³-hybridized carbons (Fsp3) is 0.308. The van der Waals surface area contributed by atoms with Gasteiger partial charge in [-0.2, -0.15) is 0 Å². The third kappa shape index (κ3) is 3.14. The number of methoxy groups -OCH3 is 1. The summed E-state index contributed by atoms with van der Waals surface area (Å²) < 4.78 is 6.63. The molecule has 0 aliphatic rings. The summed E-state index contributed by atoms with van der Waals surface area (Å²) in [5.74, 6) is 0.391. The Balaban J connectivity index is 2.06. The van der Waals surface area contributed by atoms with E-state index >= 15 is 0 Å². The highest BCUT2D eigenvalue weighted by molar-refractivity contribution is 7.99. The summed E-state index contributed by atoms with van der Waals surface area (Å²) in [6.07, 6.45) is 4.46. The fourth-order valence-electron chi connectivity index (χ4n) is 1.64. The van der Waals surface area contributed by atoms with Crippen molar-refractivity contribution in [1.29, 1.82) is 0 Å². The lowest BCUT2D eigenvalue weighted by molar-refractivity contribution is -0.136. The lowest BCUT2D eigenvalue weighted by Crippen LogP contribution is -2.04.